The van der Waals surface area contributed by atoms with Gasteiger partial charge < -0.3 is 51.6 Å². The maximum absolute atomic E-state index is 13.3. The molecule has 4 amide bonds. The van der Waals surface area contributed by atoms with E-state index < -0.39 is 47.5 Å². The molecule has 75 heavy (non-hydrogen) atoms. The lowest BCUT2D eigenvalue weighted by atomic mass is 10.1. The summed E-state index contributed by atoms with van der Waals surface area (Å²) < 4.78 is 35.6. The van der Waals surface area contributed by atoms with Crippen LogP contribution < -0.4 is 31.9 Å². The quantitative estimate of drug-likeness (QED) is 0.0447. The Morgan fingerprint density at radius 1 is 0.653 bits per heavy atom. The summed E-state index contributed by atoms with van der Waals surface area (Å²) in [6.07, 6.45) is 5.20. The smallest absolute Gasteiger partial charge is 0.330 e. The molecule has 6 aromatic rings. The van der Waals surface area contributed by atoms with E-state index in [9.17, 15) is 42.7 Å². The van der Waals surface area contributed by atoms with Gasteiger partial charge in [-0.05, 0) is 74.9 Å². The highest BCUT2D eigenvalue weighted by Crippen LogP contribution is 2.19. The van der Waals surface area contributed by atoms with Crippen LogP contribution >= 0.6 is 38.6 Å². The van der Waals surface area contributed by atoms with E-state index in [1.54, 1.807) is 62.7 Å². The molecule has 20 nitrogen and oxygen atoms in total. The van der Waals surface area contributed by atoms with Gasteiger partial charge in [-0.15, -0.1) is 29.1 Å². The van der Waals surface area contributed by atoms with Gasteiger partial charge in [0.25, 0.3) is 23.6 Å². The summed E-state index contributed by atoms with van der Waals surface area (Å²) in [7, 11) is 2.39. The van der Waals surface area contributed by atoms with Crippen molar-refractivity contribution in [1.29, 1.82) is 0 Å². The molecule has 4 aromatic heterocycles. The van der Waals surface area contributed by atoms with E-state index in [2.05, 4.69) is 85.5 Å². The zero-order valence-electron chi connectivity index (χ0n) is 40.9. The number of ether oxygens (including phenoxy) is 2. The topological polar surface area (TPSA) is 285 Å². The molecule has 0 saturated carbocycles. The number of halogens is 3. The fourth-order valence-corrected chi connectivity index (χ4v) is 8.08. The predicted octanol–water partition coefficient (Wildman–Crippen LogP) is 5.36. The number of aromatic nitrogens is 4. The first-order chi connectivity index (χ1) is 35.7. The Morgan fingerprint density at radius 2 is 1.08 bits per heavy atom. The number of carbonyl (C=O) groups excluding carboxylic acids is 6. The molecule has 4 heterocycles. The van der Waals surface area contributed by atoms with Crippen molar-refractivity contribution in [1.82, 2.24) is 41.2 Å². The number of esters is 2. The number of terminal acetylenes is 1. The molecular weight excluding hydrogens is 1080 g/mol. The number of anilines is 2. The number of thiophene rings is 2. The number of phenols is 2. The molecule has 0 bridgehead atoms. The number of nitrogens with one attached hydrogen (secondary N) is 6. The highest BCUT2D eigenvalue weighted by Gasteiger charge is 2.27. The molecule has 0 aliphatic carbocycles. The predicted molar refractivity (Wildman–Crippen MR) is 279 cm³/mol. The summed E-state index contributed by atoms with van der Waals surface area (Å²) in [5.74, 6) is 3.82. The fraction of sp³-hybridized carbons (Fsp3) is 0.240. The molecule has 0 saturated heterocycles. The van der Waals surface area contributed by atoms with E-state index in [-0.39, 0.29) is 66.6 Å². The number of methoxy groups -OCH3 is 2. The molecule has 392 valence electrons. The number of hydrogen-bond acceptors (Lipinski definition) is 18. The van der Waals surface area contributed by atoms with Crippen molar-refractivity contribution < 1.29 is 57.2 Å². The molecule has 2 atom stereocenters. The van der Waals surface area contributed by atoms with Gasteiger partial charge in [0.1, 0.15) is 35.2 Å². The van der Waals surface area contributed by atoms with E-state index in [4.69, 9.17) is 21.0 Å². The Balaban J connectivity index is 0.000000283. The SMILES string of the molecule is C#CCNc1nc(C)c(C(=O)N[C@@H](CNC(=O)c2cccs2)C(=O)OC)c(C)n1.COC(=O)[C@H](CNC(=O)c1cccs1)NC(=O)c1c(C)nc(NCC#Cc2cc(O)cc(F)c2)nc1C.Oc1cc(F)cc(Br)c1. The van der Waals surface area contributed by atoms with Crippen LogP contribution in [0.25, 0.3) is 0 Å². The first-order valence-corrected chi connectivity index (χ1v) is 24.4. The van der Waals surface area contributed by atoms with E-state index in [1.165, 1.54) is 61.2 Å². The summed E-state index contributed by atoms with van der Waals surface area (Å²) >= 11 is 5.53. The number of nitrogens with zero attached hydrogens (tertiary/aromatic N) is 4. The van der Waals surface area contributed by atoms with Crippen LogP contribution in [0.2, 0.25) is 0 Å². The van der Waals surface area contributed by atoms with Crippen LogP contribution in [0.5, 0.6) is 11.5 Å². The number of aromatic hydroxyl groups is 2. The summed E-state index contributed by atoms with van der Waals surface area (Å²) in [4.78, 5) is 92.3. The summed E-state index contributed by atoms with van der Waals surface area (Å²) in [5, 5.41) is 37.8. The number of aryl methyl sites for hydroxylation is 4. The summed E-state index contributed by atoms with van der Waals surface area (Å²) in [6, 6.07) is 11.8. The van der Waals surface area contributed by atoms with Crippen molar-refractivity contribution in [3.63, 3.8) is 0 Å². The van der Waals surface area contributed by atoms with Crippen LogP contribution in [0.4, 0.5) is 20.7 Å². The Morgan fingerprint density at radius 3 is 1.45 bits per heavy atom. The molecule has 8 N–H and O–H groups in total. The van der Waals surface area contributed by atoms with E-state index in [1.807, 2.05) is 0 Å². The fourth-order valence-electron chi connectivity index (χ4n) is 6.34. The summed E-state index contributed by atoms with van der Waals surface area (Å²) in [6.45, 7) is 6.59. The molecule has 0 radical (unpaired) electrons. The number of amides is 4. The standard InChI is InChI=1S/C25H24FN5O5S.C19H21N5O4S.C6H4BrFO/c1-14-21(23(34)31-19(24(35)36-3)13-28-22(33)20-7-5-9-37-20)15(2)30-25(29-14)27-8-4-6-16-10-17(26)12-18(32)11-16;1-5-8-20-19-22-11(2)15(12(3)23-19)17(26)24-13(18(27)28-4)10-21-16(25)14-7-6-9-29-14;7-4-1-5(8)3-6(9)2-4/h5,7,9-12,19,32H,8,13H2,1-3H3,(H,28,33)(H,31,34)(H,27,29,30);1,6-7,9,13H,8,10H2,2-4H3,(H,21,25)(H,24,26)(H,20,22,23);1-3,9H/t19-;13-;/m00./s1. The number of rotatable bonds is 16. The van der Waals surface area contributed by atoms with Crippen molar-refractivity contribution >= 4 is 86.1 Å². The minimum atomic E-state index is -1.13. The van der Waals surface area contributed by atoms with Gasteiger partial charge in [0.15, 0.2) is 0 Å². The van der Waals surface area contributed by atoms with E-state index in [0.29, 0.717) is 48.5 Å². The van der Waals surface area contributed by atoms with Crippen molar-refractivity contribution in [3.8, 4) is 35.7 Å². The van der Waals surface area contributed by atoms with Crippen LogP contribution in [-0.2, 0) is 19.1 Å². The second-order valence-corrected chi connectivity index (χ2v) is 18.0. The maximum atomic E-state index is 13.3. The van der Waals surface area contributed by atoms with Crippen molar-refractivity contribution in [2.75, 3.05) is 51.0 Å². The lowest BCUT2D eigenvalue weighted by molar-refractivity contribution is -0.143. The maximum Gasteiger partial charge on any atom is 0.330 e. The molecule has 0 aliphatic heterocycles. The normalized spacial score (nSPS) is 10.9. The first kappa shape index (κ1) is 59.0. The van der Waals surface area contributed by atoms with Crippen molar-refractivity contribution in [2.24, 2.45) is 0 Å². The molecule has 0 spiro atoms. The van der Waals surface area contributed by atoms with Gasteiger partial charge in [-0.3, -0.25) is 19.2 Å². The van der Waals surface area contributed by atoms with Gasteiger partial charge >= 0.3 is 11.9 Å². The highest BCUT2D eigenvalue weighted by molar-refractivity contribution is 9.10. The monoisotopic (exact) mass is 1130 g/mol. The Hall–Kier alpha value is -8.52. The Labute approximate surface area is 445 Å². The molecule has 0 unspecified atom stereocenters. The van der Waals surface area contributed by atoms with Gasteiger partial charge in [-0.1, -0.05) is 45.8 Å². The van der Waals surface area contributed by atoms with Crippen LogP contribution in [0.1, 0.15) is 68.4 Å². The van der Waals surface area contributed by atoms with Crippen LogP contribution in [-0.4, -0.2) is 118 Å². The zero-order valence-corrected chi connectivity index (χ0v) is 44.1. The van der Waals surface area contributed by atoms with Crippen LogP contribution in [0.15, 0.2) is 75.9 Å². The molecule has 2 aromatic carbocycles. The second kappa shape index (κ2) is 29.2. The Kier molecular flexibility index (Phi) is 23.0. The number of hydrogen-bond donors (Lipinski definition) is 8. The lowest BCUT2D eigenvalue weighted by Crippen LogP contribution is -2.49. The van der Waals surface area contributed by atoms with Gasteiger partial charge in [0.05, 0.1) is 71.0 Å². The van der Waals surface area contributed by atoms with Crippen LogP contribution in [0, 0.1) is 63.5 Å². The average molecular weight is 1130 g/mol. The largest absolute Gasteiger partial charge is 0.508 e. The van der Waals surface area contributed by atoms with E-state index in [0.717, 1.165) is 12.1 Å². The molecular formula is C50H49BrF2N10O10S2. The minimum Gasteiger partial charge on any atom is -0.508 e. The van der Waals surface area contributed by atoms with Gasteiger partial charge in [0, 0.05) is 35.3 Å². The molecule has 0 aliphatic rings. The number of carbonyl (C=O) groups is 6. The number of phenolic OH excluding ortho intramolecular Hbond substituents is 2. The van der Waals surface area contributed by atoms with E-state index >= 15 is 0 Å². The third-order valence-corrected chi connectivity index (χ3v) is 11.8. The molecule has 25 heteroatoms. The lowest BCUT2D eigenvalue weighted by Gasteiger charge is -2.18. The third-order valence-electron chi connectivity index (χ3n) is 9.65. The van der Waals surface area contributed by atoms with Gasteiger partial charge in [0.2, 0.25) is 11.9 Å². The molecule has 0 fully saturated rings. The van der Waals surface area contributed by atoms with Crippen molar-refractivity contribution in [2.45, 2.75) is 39.8 Å². The van der Waals surface area contributed by atoms with Crippen molar-refractivity contribution in [3.05, 3.63) is 137 Å². The minimum absolute atomic E-state index is 0.0677. The Bertz CT molecular complexity index is 2990. The highest BCUT2D eigenvalue weighted by atomic mass is 79.9. The van der Waals surface area contributed by atoms with Gasteiger partial charge in [-0.2, -0.15) is 0 Å². The first-order valence-electron chi connectivity index (χ1n) is 21.9. The third kappa shape index (κ3) is 18.8. The second-order valence-electron chi connectivity index (χ2n) is 15.2. The van der Waals surface area contributed by atoms with Crippen LogP contribution in [0.3, 0.4) is 0 Å². The zero-order chi connectivity index (χ0) is 55.2. The summed E-state index contributed by atoms with van der Waals surface area (Å²) in [5.41, 5.74) is 2.25. The van der Waals surface area contributed by atoms with Gasteiger partial charge in [-0.25, -0.2) is 38.3 Å². The molecule has 6 rings (SSSR count). The average Bonchev–Trinajstić information content (AvgIpc) is 4.10. The number of benzene rings is 2.